The van der Waals surface area contributed by atoms with Crippen LogP contribution in [0.2, 0.25) is 0 Å². The molecule has 0 saturated heterocycles. The zero-order valence-corrected chi connectivity index (χ0v) is 8.52. The molecule has 7 nitrogen and oxygen atoms in total. The molecule has 17 heavy (non-hydrogen) atoms. The van der Waals surface area contributed by atoms with Crippen LogP contribution in [0.3, 0.4) is 0 Å². The van der Waals surface area contributed by atoms with E-state index in [0.717, 1.165) is 0 Å². The monoisotopic (exact) mass is 235 g/mol. The minimum absolute atomic E-state index is 0.0277. The molecule has 0 aliphatic rings. The number of aromatic amines is 2. The minimum atomic E-state index is -0.709. The van der Waals surface area contributed by atoms with Gasteiger partial charge in [0.1, 0.15) is 5.82 Å². The summed E-state index contributed by atoms with van der Waals surface area (Å²) in [5, 5.41) is 18.5. The van der Waals surface area contributed by atoms with E-state index in [1.54, 1.807) is 0 Å². The lowest BCUT2D eigenvalue weighted by atomic mass is 10.1. The molecule has 0 radical (unpaired) electrons. The first-order valence-electron chi connectivity index (χ1n) is 4.63. The molecule has 1 aromatic carbocycles. The summed E-state index contributed by atoms with van der Waals surface area (Å²) in [7, 11) is 0. The summed E-state index contributed by atoms with van der Waals surface area (Å²) in [6.07, 6.45) is 0. The molecule has 0 fully saturated rings. The van der Waals surface area contributed by atoms with Crippen molar-refractivity contribution in [3.05, 3.63) is 39.0 Å². The molecule has 6 N–H and O–H groups in total. The topological polar surface area (TPSA) is 132 Å². The lowest BCUT2D eigenvalue weighted by Crippen LogP contribution is -2.25. The van der Waals surface area contributed by atoms with E-state index in [4.69, 9.17) is 10.8 Å². The zero-order valence-electron chi connectivity index (χ0n) is 8.52. The number of hydrogen-bond donors (Lipinski definition) is 5. The van der Waals surface area contributed by atoms with Gasteiger partial charge in [-0.05, 0) is 17.7 Å². The summed E-state index contributed by atoms with van der Waals surface area (Å²) in [6.45, 7) is 0. The first kappa shape index (κ1) is 10.8. The zero-order chi connectivity index (χ0) is 12.6. The molecular weight excluding hydrogens is 226 g/mol. The van der Waals surface area contributed by atoms with Crippen molar-refractivity contribution in [1.29, 1.82) is 0 Å². The van der Waals surface area contributed by atoms with Crippen molar-refractivity contribution in [2.75, 3.05) is 5.73 Å². The fourth-order valence-electron chi connectivity index (χ4n) is 1.47. The molecule has 0 aliphatic carbocycles. The van der Waals surface area contributed by atoms with Gasteiger partial charge in [-0.25, -0.2) is 4.79 Å². The summed E-state index contributed by atoms with van der Waals surface area (Å²) in [6, 6.07) is 3.79. The Hall–Kier alpha value is -2.70. The van der Waals surface area contributed by atoms with Crippen LogP contribution in [0.5, 0.6) is 11.5 Å². The molecule has 1 aromatic heterocycles. The first-order valence-corrected chi connectivity index (χ1v) is 4.63. The van der Waals surface area contributed by atoms with Gasteiger partial charge in [0, 0.05) is 0 Å². The molecule has 88 valence electrons. The number of aromatic hydroxyl groups is 2. The Kier molecular flexibility index (Phi) is 2.36. The largest absolute Gasteiger partial charge is 0.504 e. The molecule has 0 saturated carbocycles. The highest BCUT2D eigenvalue weighted by atomic mass is 16.3. The van der Waals surface area contributed by atoms with E-state index in [0.29, 0.717) is 0 Å². The Bertz CT molecular complexity index is 687. The van der Waals surface area contributed by atoms with Crippen molar-refractivity contribution in [3.8, 4) is 22.6 Å². The molecule has 0 spiro atoms. The smallest absolute Gasteiger partial charge is 0.327 e. The van der Waals surface area contributed by atoms with Crippen LogP contribution >= 0.6 is 0 Å². The molecule has 2 rings (SSSR count). The highest BCUT2D eigenvalue weighted by Gasteiger charge is 2.11. The van der Waals surface area contributed by atoms with E-state index in [1.165, 1.54) is 18.2 Å². The number of nitrogens with two attached hydrogens (primary N) is 1. The van der Waals surface area contributed by atoms with Crippen molar-refractivity contribution in [2.45, 2.75) is 0 Å². The third kappa shape index (κ3) is 1.85. The van der Waals surface area contributed by atoms with Gasteiger partial charge in [0.2, 0.25) is 0 Å². The second-order valence-electron chi connectivity index (χ2n) is 3.40. The SMILES string of the molecule is Nc1[nH]c(=O)[nH]c(=O)c1-c1ccc(O)c(O)c1. The van der Waals surface area contributed by atoms with Gasteiger partial charge in [0.05, 0.1) is 5.56 Å². The van der Waals surface area contributed by atoms with E-state index < -0.39 is 11.2 Å². The number of hydrogen-bond acceptors (Lipinski definition) is 5. The van der Waals surface area contributed by atoms with Gasteiger partial charge in [0.15, 0.2) is 11.5 Å². The van der Waals surface area contributed by atoms with Crippen molar-refractivity contribution in [3.63, 3.8) is 0 Å². The lowest BCUT2D eigenvalue weighted by molar-refractivity contribution is 0.404. The van der Waals surface area contributed by atoms with Gasteiger partial charge in [-0.3, -0.25) is 14.8 Å². The summed E-state index contributed by atoms with van der Waals surface area (Å²) < 4.78 is 0. The van der Waals surface area contributed by atoms with Gasteiger partial charge in [0.25, 0.3) is 5.56 Å². The summed E-state index contributed by atoms with van der Waals surface area (Å²) in [4.78, 5) is 26.7. The molecule has 0 aliphatic heterocycles. The molecule has 0 bridgehead atoms. The maximum atomic E-state index is 11.6. The minimum Gasteiger partial charge on any atom is -0.504 e. The maximum Gasteiger partial charge on any atom is 0.327 e. The molecule has 0 amide bonds. The van der Waals surface area contributed by atoms with Crippen LogP contribution in [-0.2, 0) is 0 Å². The number of aromatic nitrogens is 2. The fraction of sp³-hybridized carbons (Fsp3) is 0. The number of rotatable bonds is 1. The van der Waals surface area contributed by atoms with Crippen LogP contribution in [0, 0.1) is 0 Å². The number of anilines is 1. The number of nitrogen functional groups attached to an aromatic ring is 1. The van der Waals surface area contributed by atoms with E-state index in [1.807, 2.05) is 4.98 Å². The molecule has 0 unspecified atom stereocenters. The Morgan fingerprint density at radius 2 is 1.76 bits per heavy atom. The Labute approximate surface area is 94.2 Å². The summed E-state index contributed by atoms with van der Waals surface area (Å²) >= 11 is 0. The van der Waals surface area contributed by atoms with Gasteiger partial charge < -0.3 is 15.9 Å². The van der Waals surface area contributed by atoms with E-state index in [2.05, 4.69) is 4.98 Å². The molecule has 2 aromatic rings. The maximum absolute atomic E-state index is 11.6. The highest BCUT2D eigenvalue weighted by molar-refractivity contribution is 5.74. The molecular formula is C10H9N3O4. The number of H-pyrrole nitrogens is 2. The van der Waals surface area contributed by atoms with Crippen molar-refractivity contribution >= 4 is 5.82 Å². The standard InChI is InChI=1S/C10H9N3O4/c11-8-7(9(16)13-10(17)12-8)4-1-2-5(14)6(15)3-4/h1-3,14-15H,(H4,11,12,13,16,17). The average molecular weight is 235 g/mol. The van der Waals surface area contributed by atoms with Crippen LogP contribution in [-0.4, -0.2) is 20.2 Å². The second-order valence-corrected chi connectivity index (χ2v) is 3.40. The van der Waals surface area contributed by atoms with Gasteiger partial charge in [-0.15, -0.1) is 0 Å². The average Bonchev–Trinajstić information content (AvgIpc) is 2.21. The van der Waals surface area contributed by atoms with Gasteiger partial charge in [-0.1, -0.05) is 6.07 Å². The molecule has 7 heteroatoms. The Morgan fingerprint density at radius 3 is 2.35 bits per heavy atom. The van der Waals surface area contributed by atoms with E-state index >= 15 is 0 Å². The molecule has 0 atom stereocenters. The number of nitrogens with one attached hydrogen (secondary N) is 2. The second kappa shape index (κ2) is 3.71. The van der Waals surface area contributed by atoms with Crippen molar-refractivity contribution in [1.82, 2.24) is 9.97 Å². The van der Waals surface area contributed by atoms with Crippen LogP contribution in [0.4, 0.5) is 5.82 Å². The lowest BCUT2D eigenvalue weighted by Gasteiger charge is -2.05. The van der Waals surface area contributed by atoms with Crippen LogP contribution in [0.1, 0.15) is 0 Å². The van der Waals surface area contributed by atoms with E-state index in [-0.39, 0.29) is 28.4 Å². The van der Waals surface area contributed by atoms with Gasteiger partial charge in [-0.2, -0.15) is 0 Å². The Balaban J connectivity index is 2.73. The van der Waals surface area contributed by atoms with Gasteiger partial charge >= 0.3 is 5.69 Å². The Morgan fingerprint density at radius 1 is 1.06 bits per heavy atom. The fourth-order valence-corrected chi connectivity index (χ4v) is 1.47. The third-order valence-corrected chi connectivity index (χ3v) is 2.24. The van der Waals surface area contributed by atoms with E-state index in [9.17, 15) is 14.7 Å². The van der Waals surface area contributed by atoms with Crippen LogP contribution < -0.4 is 17.0 Å². The van der Waals surface area contributed by atoms with Crippen molar-refractivity contribution in [2.24, 2.45) is 0 Å². The predicted octanol–water partition coefficient (Wildman–Crippen LogP) is -0.276. The summed E-state index contributed by atoms with van der Waals surface area (Å²) in [5.74, 6) is -0.801. The third-order valence-electron chi connectivity index (χ3n) is 2.24. The number of benzene rings is 1. The van der Waals surface area contributed by atoms with Crippen LogP contribution in [0.25, 0.3) is 11.1 Å². The van der Waals surface area contributed by atoms with Crippen molar-refractivity contribution < 1.29 is 10.2 Å². The number of phenolic OH excluding ortho intramolecular Hbond substituents is 2. The highest BCUT2D eigenvalue weighted by Crippen LogP contribution is 2.30. The molecule has 1 heterocycles. The predicted molar refractivity (Wildman–Crippen MR) is 60.9 cm³/mol. The van der Waals surface area contributed by atoms with Crippen LogP contribution in [0.15, 0.2) is 27.8 Å². The number of phenols is 2. The summed E-state index contributed by atoms with van der Waals surface area (Å²) in [5.41, 5.74) is 4.46. The first-order chi connectivity index (χ1) is 7.99. The normalized spacial score (nSPS) is 10.4. The quantitative estimate of drug-likeness (QED) is 0.434.